The van der Waals surface area contributed by atoms with Crippen molar-refractivity contribution in [2.75, 3.05) is 0 Å². The first-order valence-corrected chi connectivity index (χ1v) is 13.7. The number of hydrogen-bond acceptors (Lipinski definition) is 4. The van der Waals surface area contributed by atoms with Crippen molar-refractivity contribution >= 4 is 17.8 Å². The van der Waals surface area contributed by atoms with Gasteiger partial charge in [0.15, 0.2) is 0 Å². The van der Waals surface area contributed by atoms with Crippen LogP contribution < -0.4 is 11.1 Å². The Balaban J connectivity index is 1.66. The lowest BCUT2D eigenvalue weighted by atomic mass is 9.99. The molecule has 4 aromatic rings. The van der Waals surface area contributed by atoms with E-state index in [0.29, 0.717) is 6.42 Å². The largest absolute Gasteiger partial charge is 0.480 e. The minimum absolute atomic E-state index is 0.111. The number of rotatable bonds is 13. The maximum Gasteiger partial charge on any atom is 0.326 e. The van der Waals surface area contributed by atoms with Crippen LogP contribution in [0.15, 0.2) is 121 Å². The molecule has 4 rings (SSSR count). The first-order chi connectivity index (χ1) is 19.9. The van der Waals surface area contributed by atoms with Crippen LogP contribution in [0.25, 0.3) is 0 Å². The van der Waals surface area contributed by atoms with Gasteiger partial charge in [-0.2, -0.15) is 0 Å². The highest BCUT2D eigenvalue weighted by atomic mass is 16.4. The number of carbonyl (C=O) groups excluding carboxylic acids is 2. The quantitative estimate of drug-likeness (QED) is 0.233. The maximum absolute atomic E-state index is 14.0. The fraction of sp³-hybridized carbons (Fsp3) is 0.206. The van der Waals surface area contributed by atoms with E-state index in [1.165, 1.54) is 4.90 Å². The van der Waals surface area contributed by atoms with Crippen molar-refractivity contribution in [3.8, 4) is 0 Å². The molecule has 210 valence electrons. The molecule has 0 fully saturated rings. The molecule has 0 aliphatic rings. The molecule has 0 saturated heterocycles. The van der Waals surface area contributed by atoms with E-state index in [2.05, 4.69) is 5.32 Å². The number of nitrogens with zero attached hydrogens (tertiary/aromatic N) is 1. The zero-order valence-electron chi connectivity index (χ0n) is 22.8. The van der Waals surface area contributed by atoms with Crippen molar-refractivity contribution in [1.82, 2.24) is 10.2 Å². The SMILES string of the molecule is NC(Cc1ccccc1)C(=O)N(Cc1ccccc1)C(Cc1ccccc1)C(=O)NC(Cc1ccccc1)C(=O)O. The van der Waals surface area contributed by atoms with Gasteiger partial charge in [-0.25, -0.2) is 4.79 Å². The topological polar surface area (TPSA) is 113 Å². The molecule has 7 heteroatoms. The number of aliphatic carboxylic acids is 1. The lowest BCUT2D eigenvalue weighted by Crippen LogP contribution is -2.57. The smallest absolute Gasteiger partial charge is 0.326 e. The summed E-state index contributed by atoms with van der Waals surface area (Å²) in [6.07, 6.45) is 0.609. The molecule has 3 atom stereocenters. The first kappa shape index (κ1) is 29.2. The van der Waals surface area contributed by atoms with Crippen molar-refractivity contribution in [3.63, 3.8) is 0 Å². The molecular weight excluding hydrogens is 514 g/mol. The van der Waals surface area contributed by atoms with Crippen molar-refractivity contribution in [3.05, 3.63) is 144 Å². The molecule has 0 bridgehead atoms. The predicted octanol–water partition coefficient (Wildman–Crippen LogP) is 4.01. The van der Waals surface area contributed by atoms with Crippen LogP contribution in [0, 0.1) is 0 Å². The third kappa shape index (κ3) is 8.62. The van der Waals surface area contributed by atoms with E-state index in [0.717, 1.165) is 22.3 Å². The highest BCUT2D eigenvalue weighted by Crippen LogP contribution is 2.17. The predicted molar refractivity (Wildman–Crippen MR) is 159 cm³/mol. The van der Waals surface area contributed by atoms with Gasteiger partial charge in [0.1, 0.15) is 12.1 Å². The molecule has 2 amide bonds. The lowest BCUT2D eigenvalue weighted by Gasteiger charge is -2.34. The highest BCUT2D eigenvalue weighted by molar-refractivity contribution is 5.92. The van der Waals surface area contributed by atoms with Crippen LogP contribution in [0.5, 0.6) is 0 Å². The van der Waals surface area contributed by atoms with Gasteiger partial charge in [0.05, 0.1) is 6.04 Å². The molecular formula is C34H35N3O4. The molecule has 0 heterocycles. The third-order valence-corrected chi connectivity index (χ3v) is 6.94. The zero-order chi connectivity index (χ0) is 29.0. The van der Waals surface area contributed by atoms with Gasteiger partial charge in [-0.1, -0.05) is 121 Å². The number of benzene rings is 4. The number of hydrogen-bond donors (Lipinski definition) is 3. The van der Waals surface area contributed by atoms with Gasteiger partial charge in [0, 0.05) is 19.4 Å². The second-order valence-electron chi connectivity index (χ2n) is 10.0. The molecule has 4 aromatic carbocycles. The van der Waals surface area contributed by atoms with E-state index in [9.17, 15) is 19.5 Å². The van der Waals surface area contributed by atoms with Crippen molar-refractivity contribution in [2.24, 2.45) is 5.73 Å². The van der Waals surface area contributed by atoms with Crippen LogP contribution in [-0.4, -0.2) is 45.9 Å². The number of nitrogens with one attached hydrogen (secondary N) is 1. The summed E-state index contributed by atoms with van der Waals surface area (Å²) < 4.78 is 0. The van der Waals surface area contributed by atoms with Gasteiger partial charge in [-0.05, 0) is 28.7 Å². The Bertz CT molecular complexity index is 1400. The van der Waals surface area contributed by atoms with Crippen LogP contribution >= 0.6 is 0 Å². The lowest BCUT2D eigenvalue weighted by molar-refractivity contribution is -0.145. The summed E-state index contributed by atoms with van der Waals surface area (Å²) in [4.78, 5) is 41.7. The van der Waals surface area contributed by atoms with Crippen LogP contribution in [0.1, 0.15) is 22.3 Å². The van der Waals surface area contributed by atoms with Gasteiger partial charge in [-0.15, -0.1) is 0 Å². The number of nitrogens with two attached hydrogens (primary N) is 1. The number of amides is 2. The third-order valence-electron chi connectivity index (χ3n) is 6.94. The van der Waals surface area contributed by atoms with E-state index in [-0.39, 0.29) is 25.3 Å². The molecule has 3 unspecified atom stereocenters. The average molecular weight is 550 g/mol. The number of carboxylic acids is 1. The molecule has 0 spiro atoms. The van der Waals surface area contributed by atoms with Gasteiger partial charge >= 0.3 is 5.97 Å². The summed E-state index contributed by atoms with van der Waals surface area (Å²) in [5, 5.41) is 12.7. The van der Waals surface area contributed by atoms with Gasteiger partial charge in [-0.3, -0.25) is 9.59 Å². The summed E-state index contributed by atoms with van der Waals surface area (Å²) in [7, 11) is 0. The van der Waals surface area contributed by atoms with E-state index in [1.54, 1.807) is 0 Å². The molecule has 0 aromatic heterocycles. The molecule has 0 aliphatic carbocycles. The molecule has 7 nitrogen and oxygen atoms in total. The maximum atomic E-state index is 14.0. The molecule has 0 aliphatic heterocycles. The van der Waals surface area contributed by atoms with Crippen LogP contribution in [0.4, 0.5) is 0 Å². The first-order valence-electron chi connectivity index (χ1n) is 13.7. The summed E-state index contributed by atoms with van der Waals surface area (Å²) in [6.45, 7) is 0.142. The second-order valence-corrected chi connectivity index (χ2v) is 10.0. The second kappa shape index (κ2) is 14.6. The monoisotopic (exact) mass is 549 g/mol. The molecule has 0 saturated carbocycles. The summed E-state index contributed by atoms with van der Waals surface area (Å²) >= 11 is 0. The van der Waals surface area contributed by atoms with Crippen molar-refractivity contribution in [1.29, 1.82) is 0 Å². The Labute approximate surface area is 240 Å². The Hall–Kier alpha value is -4.75. The van der Waals surface area contributed by atoms with E-state index < -0.39 is 30.0 Å². The summed E-state index contributed by atoms with van der Waals surface area (Å²) in [5.41, 5.74) is 9.83. The van der Waals surface area contributed by atoms with Crippen molar-refractivity contribution < 1.29 is 19.5 Å². The van der Waals surface area contributed by atoms with Gasteiger partial charge in [0.2, 0.25) is 11.8 Å². The fourth-order valence-corrected chi connectivity index (χ4v) is 4.79. The Morgan fingerprint density at radius 2 is 1.05 bits per heavy atom. The summed E-state index contributed by atoms with van der Waals surface area (Å²) in [5.74, 6) is -2.08. The van der Waals surface area contributed by atoms with Crippen molar-refractivity contribution in [2.45, 2.75) is 43.9 Å². The van der Waals surface area contributed by atoms with E-state index >= 15 is 0 Å². The van der Waals surface area contributed by atoms with Gasteiger partial charge < -0.3 is 21.1 Å². The Morgan fingerprint density at radius 3 is 1.51 bits per heavy atom. The number of carboxylic acid groups (broad SMARTS) is 1. The Kier molecular flexibility index (Phi) is 10.4. The highest BCUT2D eigenvalue weighted by Gasteiger charge is 2.35. The van der Waals surface area contributed by atoms with E-state index in [1.807, 2.05) is 121 Å². The van der Waals surface area contributed by atoms with Crippen LogP contribution in [0.2, 0.25) is 0 Å². The van der Waals surface area contributed by atoms with E-state index in [4.69, 9.17) is 5.73 Å². The zero-order valence-corrected chi connectivity index (χ0v) is 22.8. The minimum atomic E-state index is -1.17. The Morgan fingerprint density at radius 1 is 0.634 bits per heavy atom. The summed E-state index contributed by atoms with van der Waals surface area (Å²) in [6, 6.07) is 34.3. The molecule has 0 radical (unpaired) electrons. The standard InChI is InChI=1S/C34H35N3O4/c35-29(21-25-13-5-1-6-14-25)33(39)37(24-28-19-11-4-12-20-28)31(23-27-17-9-3-10-18-27)32(38)36-30(34(40)41)22-26-15-7-2-8-16-26/h1-20,29-31H,21-24,35H2,(H,36,38)(H,40,41). The van der Waals surface area contributed by atoms with Gasteiger partial charge in [0.25, 0.3) is 0 Å². The normalized spacial score (nSPS) is 13.0. The number of carbonyl (C=O) groups is 3. The molecule has 4 N–H and O–H groups in total. The molecule has 41 heavy (non-hydrogen) atoms. The van der Waals surface area contributed by atoms with Crippen LogP contribution in [-0.2, 0) is 40.2 Å². The minimum Gasteiger partial charge on any atom is -0.480 e. The fourth-order valence-electron chi connectivity index (χ4n) is 4.79. The van der Waals surface area contributed by atoms with Crippen LogP contribution in [0.3, 0.4) is 0 Å². The average Bonchev–Trinajstić information content (AvgIpc) is 3.00.